The molecule has 1 amide bonds. The maximum absolute atomic E-state index is 11.1. The summed E-state index contributed by atoms with van der Waals surface area (Å²) in [4.78, 5) is 17.7. The summed E-state index contributed by atoms with van der Waals surface area (Å²) in [5, 5.41) is 6.64. The molecule has 1 aromatic carbocycles. The molecule has 1 atom stereocenters. The van der Waals surface area contributed by atoms with Crippen LogP contribution in [-0.2, 0) is 6.54 Å². The molecule has 3 rings (SSSR count). The summed E-state index contributed by atoms with van der Waals surface area (Å²) in [5.41, 5.74) is 7.71. The molecule has 0 radical (unpaired) electrons. The molecule has 2 aromatic rings. The summed E-state index contributed by atoms with van der Waals surface area (Å²) in [6, 6.07) is 12.2. The number of benzene rings is 1. The Balaban J connectivity index is 1.50. The van der Waals surface area contributed by atoms with Crippen molar-refractivity contribution in [3.63, 3.8) is 0 Å². The van der Waals surface area contributed by atoms with Gasteiger partial charge in [0.25, 0.3) is 5.91 Å². The van der Waals surface area contributed by atoms with Gasteiger partial charge in [-0.3, -0.25) is 9.79 Å². The first kappa shape index (κ1) is 17.8. The molecule has 1 unspecified atom stereocenters. The third-order valence-corrected chi connectivity index (χ3v) is 4.49. The largest absolute Gasteiger partial charge is 0.454 e. The highest BCUT2D eigenvalue weighted by atomic mass is 16.3. The number of anilines is 1. The van der Waals surface area contributed by atoms with E-state index in [0.29, 0.717) is 24.3 Å². The number of carbonyl (C=O) groups excluding carboxylic acids is 1. The summed E-state index contributed by atoms with van der Waals surface area (Å²) in [5.74, 6) is 0.933. The average molecular weight is 355 g/mol. The van der Waals surface area contributed by atoms with E-state index in [9.17, 15) is 4.79 Å². The predicted octanol–water partition coefficient (Wildman–Crippen LogP) is 1.63. The molecule has 0 bridgehead atoms. The van der Waals surface area contributed by atoms with Gasteiger partial charge in [-0.1, -0.05) is 17.7 Å². The van der Waals surface area contributed by atoms with Crippen LogP contribution in [0, 0.1) is 6.92 Å². The number of hydrogen-bond donors (Lipinski definition) is 3. The zero-order valence-corrected chi connectivity index (χ0v) is 15.2. The summed E-state index contributed by atoms with van der Waals surface area (Å²) < 4.78 is 5.37. The Morgan fingerprint density at radius 2 is 2.08 bits per heavy atom. The molecule has 1 aliphatic heterocycles. The summed E-state index contributed by atoms with van der Waals surface area (Å²) in [6.45, 7) is 4.47. The fourth-order valence-electron chi connectivity index (χ4n) is 3.03. The van der Waals surface area contributed by atoms with Gasteiger partial charge in [0.1, 0.15) is 5.76 Å². The van der Waals surface area contributed by atoms with Gasteiger partial charge in [0.15, 0.2) is 11.7 Å². The van der Waals surface area contributed by atoms with Crippen LogP contribution in [0.15, 0.2) is 45.8 Å². The molecule has 2 heterocycles. The molecular formula is C19H25N5O2. The molecule has 7 heteroatoms. The van der Waals surface area contributed by atoms with Crippen LogP contribution in [0.4, 0.5) is 5.69 Å². The fraction of sp³-hybridized carbons (Fsp3) is 0.368. The van der Waals surface area contributed by atoms with Gasteiger partial charge in [0.05, 0.1) is 6.54 Å². The van der Waals surface area contributed by atoms with Crippen LogP contribution < -0.4 is 21.3 Å². The number of rotatable bonds is 5. The number of guanidine groups is 1. The second-order valence-corrected chi connectivity index (χ2v) is 6.47. The number of furan rings is 1. The van der Waals surface area contributed by atoms with Gasteiger partial charge in [-0.25, -0.2) is 0 Å². The normalized spacial score (nSPS) is 17.4. The van der Waals surface area contributed by atoms with Gasteiger partial charge < -0.3 is 25.7 Å². The van der Waals surface area contributed by atoms with E-state index in [1.807, 2.05) is 0 Å². The van der Waals surface area contributed by atoms with E-state index in [0.717, 1.165) is 19.5 Å². The van der Waals surface area contributed by atoms with Crippen LogP contribution in [0.25, 0.3) is 0 Å². The van der Waals surface area contributed by atoms with Gasteiger partial charge >= 0.3 is 0 Å². The van der Waals surface area contributed by atoms with Crippen LogP contribution in [0.5, 0.6) is 0 Å². The molecule has 0 aliphatic carbocycles. The zero-order valence-electron chi connectivity index (χ0n) is 15.2. The van der Waals surface area contributed by atoms with Gasteiger partial charge in [0, 0.05) is 31.9 Å². The standard InChI is InChI=1S/C19H25N5O2/c1-13-3-5-15(6-4-13)24-10-9-14(12-24)23-19(21-2)22-11-16-7-8-17(26-16)18(20)25/h3-8,14H,9-12H2,1-2H3,(H2,20,25)(H2,21,22,23). The Morgan fingerprint density at radius 1 is 1.31 bits per heavy atom. The van der Waals surface area contributed by atoms with Crippen molar-refractivity contribution < 1.29 is 9.21 Å². The number of aryl methyl sites for hydroxylation is 1. The van der Waals surface area contributed by atoms with Crippen molar-refractivity contribution >= 4 is 17.6 Å². The lowest BCUT2D eigenvalue weighted by molar-refractivity contribution is 0.0972. The molecule has 1 aliphatic rings. The SMILES string of the molecule is CN=C(NCc1ccc(C(N)=O)o1)NC1CCN(c2ccc(C)cc2)C1. The first-order valence-electron chi connectivity index (χ1n) is 8.72. The highest BCUT2D eigenvalue weighted by molar-refractivity contribution is 5.89. The molecule has 0 spiro atoms. The predicted molar refractivity (Wildman–Crippen MR) is 102 cm³/mol. The third-order valence-electron chi connectivity index (χ3n) is 4.49. The number of primary amides is 1. The molecule has 4 N–H and O–H groups in total. The van der Waals surface area contributed by atoms with Gasteiger partial charge in [-0.05, 0) is 37.6 Å². The van der Waals surface area contributed by atoms with E-state index in [1.54, 1.807) is 19.2 Å². The minimum atomic E-state index is -0.569. The molecule has 0 saturated carbocycles. The molecular weight excluding hydrogens is 330 g/mol. The van der Waals surface area contributed by atoms with E-state index in [4.69, 9.17) is 10.2 Å². The second-order valence-electron chi connectivity index (χ2n) is 6.47. The van der Waals surface area contributed by atoms with Crippen molar-refractivity contribution in [2.24, 2.45) is 10.7 Å². The number of carbonyl (C=O) groups is 1. The number of nitrogens with zero attached hydrogens (tertiary/aromatic N) is 2. The Kier molecular flexibility index (Phi) is 5.46. The fourth-order valence-corrected chi connectivity index (χ4v) is 3.03. The zero-order chi connectivity index (χ0) is 18.5. The van der Waals surface area contributed by atoms with Crippen LogP contribution in [-0.4, -0.2) is 38.0 Å². The summed E-state index contributed by atoms with van der Waals surface area (Å²) >= 11 is 0. The molecule has 1 fully saturated rings. The van der Waals surface area contributed by atoms with Crippen LogP contribution in [0.2, 0.25) is 0 Å². The molecule has 1 saturated heterocycles. The first-order chi connectivity index (χ1) is 12.5. The van der Waals surface area contributed by atoms with Crippen molar-refractivity contribution in [3.8, 4) is 0 Å². The topological polar surface area (TPSA) is 95.9 Å². The molecule has 138 valence electrons. The number of nitrogens with two attached hydrogens (primary N) is 1. The smallest absolute Gasteiger partial charge is 0.284 e. The van der Waals surface area contributed by atoms with Gasteiger partial charge in [-0.2, -0.15) is 0 Å². The van der Waals surface area contributed by atoms with Crippen molar-refractivity contribution in [1.82, 2.24) is 10.6 Å². The van der Waals surface area contributed by atoms with Gasteiger partial charge in [-0.15, -0.1) is 0 Å². The van der Waals surface area contributed by atoms with Crippen molar-refractivity contribution in [3.05, 3.63) is 53.5 Å². The summed E-state index contributed by atoms with van der Waals surface area (Å²) in [7, 11) is 1.74. The molecule has 1 aromatic heterocycles. The monoisotopic (exact) mass is 355 g/mol. The van der Waals surface area contributed by atoms with E-state index in [2.05, 4.69) is 51.7 Å². The molecule has 26 heavy (non-hydrogen) atoms. The second kappa shape index (κ2) is 7.95. The minimum absolute atomic E-state index is 0.161. The van der Waals surface area contributed by atoms with Crippen LogP contribution in [0.1, 0.15) is 28.3 Å². The van der Waals surface area contributed by atoms with Crippen molar-refractivity contribution in [1.29, 1.82) is 0 Å². The quantitative estimate of drug-likeness (QED) is 0.560. The van der Waals surface area contributed by atoms with Gasteiger partial charge in [0.2, 0.25) is 0 Å². The first-order valence-corrected chi connectivity index (χ1v) is 8.72. The Hall–Kier alpha value is -2.96. The van der Waals surface area contributed by atoms with E-state index >= 15 is 0 Å². The number of hydrogen-bond acceptors (Lipinski definition) is 4. The highest BCUT2D eigenvalue weighted by Gasteiger charge is 2.23. The third kappa shape index (κ3) is 4.36. The van der Waals surface area contributed by atoms with E-state index in [1.165, 1.54) is 11.3 Å². The number of aliphatic imine (C=N–C) groups is 1. The minimum Gasteiger partial charge on any atom is -0.454 e. The van der Waals surface area contributed by atoms with E-state index in [-0.39, 0.29) is 5.76 Å². The van der Waals surface area contributed by atoms with Crippen molar-refractivity contribution in [2.45, 2.75) is 25.9 Å². The Morgan fingerprint density at radius 3 is 2.73 bits per heavy atom. The Labute approximate surface area is 153 Å². The van der Waals surface area contributed by atoms with Crippen LogP contribution in [0.3, 0.4) is 0 Å². The lowest BCUT2D eigenvalue weighted by Gasteiger charge is -2.20. The maximum Gasteiger partial charge on any atom is 0.284 e. The lowest BCUT2D eigenvalue weighted by Crippen LogP contribution is -2.44. The van der Waals surface area contributed by atoms with Crippen LogP contribution >= 0.6 is 0 Å². The molecule has 7 nitrogen and oxygen atoms in total. The van der Waals surface area contributed by atoms with E-state index < -0.39 is 5.91 Å². The summed E-state index contributed by atoms with van der Waals surface area (Å²) in [6.07, 6.45) is 1.04. The number of amides is 1. The number of nitrogens with one attached hydrogen (secondary N) is 2. The van der Waals surface area contributed by atoms with Crippen molar-refractivity contribution in [2.75, 3.05) is 25.0 Å². The average Bonchev–Trinajstić information content (AvgIpc) is 3.29. The Bertz CT molecular complexity index is 781. The lowest BCUT2D eigenvalue weighted by atomic mass is 10.2. The highest BCUT2D eigenvalue weighted by Crippen LogP contribution is 2.20. The maximum atomic E-state index is 11.1.